The SMILES string of the molecule is CC(C)N1C(=O)C(c2ccccc2)N(C(CC(=O)OC(=O)C(F)(F)F)c2ccccc2)C(=O)c2cc(CCC(=O)NCCNC(=N)N)ccc21. The molecule has 0 radical (unpaired) electrons. The monoisotopic (exact) mass is 694 g/mol. The minimum atomic E-state index is -5.44. The molecular formula is C35H37F3N6O6. The summed E-state index contributed by atoms with van der Waals surface area (Å²) in [6.07, 6.45) is -6.07. The largest absolute Gasteiger partial charge is 0.491 e. The second-order valence-electron chi connectivity index (χ2n) is 11.8. The number of alkyl halides is 3. The van der Waals surface area contributed by atoms with Crippen LogP contribution in [0.25, 0.3) is 0 Å². The molecule has 0 spiro atoms. The van der Waals surface area contributed by atoms with Gasteiger partial charge < -0.3 is 30.9 Å². The molecule has 1 heterocycles. The highest BCUT2D eigenvalue weighted by Gasteiger charge is 2.47. The zero-order valence-corrected chi connectivity index (χ0v) is 27.3. The molecule has 3 amide bonds. The molecule has 3 aromatic rings. The van der Waals surface area contributed by atoms with E-state index >= 15 is 0 Å². The van der Waals surface area contributed by atoms with E-state index in [0.717, 1.165) is 4.90 Å². The Kier molecular flexibility index (Phi) is 12.0. The fourth-order valence-corrected chi connectivity index (χ4v) is 5.70. The van der Waals surface area contributed by atoms with Crippen LogP contribution in [0.5, 0.6) is 0 Å². The van der Waals surface area contributed by atoms with Crippen LogP contribution in [0.3, 0.4) is 0 Å². The third kappa shape index (κ3) is 9.03. The van der Waals surface area contributed by atoms with Gasteiger partial charge in [0.25, 0.3) is 11.8 Å². The Morgan fingerprint density at radius 2 is 1.56 bits per heavy atom. The number of hydrogen-bond donors (Lipinski definition) is 4. The standard InChI is InChI=1S/C35H37F3N6O6/c1-21(2)43-26-15-13-22(14-16-28(45)41-17-18-42-34(39)40)19-25(26)31(47)44(30(32(43)48)24-11-7-4-8-12-24)27(23-9-5-3-6-10-23)20-29(46)50-33(49)35(36,37)38/h3-13,15,19,21,27,30H,14,16-18,20H2,1-2H3,(H,41,45)(H4,39,40,42). The third-order valence-electron chi connectivity index (χ3n) is 7.89. The number of rotatable bonds is 12. The Morgan fingerprint density at radius 1 is 0.940 bits per heavy atom. The van der Waals surface area contributed by atoms with Crippen molar-refractivity contribution in [2.24, 2.45) is 5.73 Å². The van der Waals surface area contributed by atoms with E-state index in [-0.39, 0.29) is 49.0 Å². The minimum Gasteiger partial charge on any atom is -0.386 e. The number of nitrogens with two attached hydrogens (primary N) is 1. The van der Waals surface area contributed by atoms with E-state index in [0.29, 0.717) is 16.7 Å². The zero-order chi connectivity index (χ0) is 36.6. The lowest BCUT2D eigenvalue weighted by Crippen LogP contribution is -2.46. The minimum absolute atomic E-state index is 0.0436. The predicted molar refractivity (Wildman–Crippen MR) is 177 cm³/mol. The molecule has 5 N–H and O–H groups in total. The number of nitrogens with zero attached hydrogens (tertiary/aromatic N) is 2. The number of esters is 2. The fraction of sp³-hybridized carbons (Fsp3) is 0.314. The smallest absolute Gasteiger partial charge is 0.386 e. The van der Waals surface area contributed by atoms with Gasteiger partial charge >= 0.3 is 18.1 Å². The number of hydrogen-bond acceptors (Lipinski definition) is 7. The van der Waals surface area contributed by atoms with Crippen molar-refractivity contribution >= 4 is 41.3 Å². The van der Waals surface area contributed by atoms with Gasteiger partial charge in [0.1, 0.15) is 6.04 Å². The van der Waals surface area contributed by atoms with E-state index in [4.69, 9.17) is 11.1 Å². The Labute approximate surface area is 286 Å². The van der Waals surface area contributed by atoms with Gasteiger partial charge in [0.05, 0.1) is 23.7 Å². The molecule has 1 aliphatic heterocycles. The van der Waals surface area contributed by atoms with Crippen LogP contribution in [0, 0.1) is 5.41 Å². The van der Waals surface area contributed by atoms with Gasteiger partial charge in [0, 0.05) is 25.6 Å². The first-order valence-electron chi connectivity index (χ1n) is 15.7. The molecule has 0 aliphatic carbocycles. The van der Waals surface area contributed by atoms with Crippen LogP contribution in [-0.4, -0.2) is 65.8 Å². The van der Waals surface area contributed by atoms with Gasteiger partial charge in [-0.15, -0.1) is 0 Å². The van der Waals surface area contributed by atoms with Gasteiger partial charge in [0.15, 0.2) is 5.96 Å². The number of halogens is 3. The summed E-state index contributed by atoms with van der Waals surface area (Å²) in [5.74, 6) is -6.02. The molecule has 12 nitrogen and oxygen atoms in total. The highest BCUT2D eigenvalue weighted by Crippen LogP contribution is 2.42. The number of carbonyl (C=O) groups excluding carboxylic acids is 5. The lowest BCUT2D eigenvalue weighted by molar-refractivity contribution is -0.202. The molecule has 0 bridgehead atoms. The van der Waals surface area contributed by atoms with Crippen LogP contribution in [0.4, 0.5) is 18.9 Å². The first kappa shape index (κ1) is 37.1. The molecule has 4 rings (SSSR count). The number of benzene rings is 3. The van der Waals surface area contributed by atoms with E-state index in [1.54, 1.807) is 92.7 Å². The lowest BCUT2D eigenvalue weighted by atomic mass is 9.95. The molecule has 2 atom stereocenters. The van der Waals surface area contributed by atoms with Crippen molar-refractivity contribution in [2.45, 2.75) is 57.4 Å². The van der Waals surface area contributed by atoms with Crippen LogP contribution in [-0.2, 0) is 30.3 Å². The van der Waals surface area contributed by atoms with Gasteiger partial charge in [-0.25, -0.2) is 4.79 Å². The average Bonchev–Trinajstić information content (AvgIpc) is 3.16. The second-order valence-corrected chi connectivity index (χ2v) is 11.8. The van der Waals surface area contributed by atoms with E-state index < -0.39 is 54.5 Å². The quantitative estimate of drug-likeness (QED) is 0.0726. The van der Waals surface area contributed by atoms with Gasteiger partial charge in [-0.2, -0.15) is 13.2 Å². The predicted octanol–water partition coefficient (Wildman–Crippen LogP) is 3.92. The summed E-state index contributed by atoms with van der Waals surface area (Å²) >= 11 is 0. The number of aryl methyl sites for hydroxylation is 1. The molecule has 0 aromatic heterocycles. The van der Waals surface area contributed by atoms with Crippen molar-refractivity contribution in [3.63, 3.8) is 0 Å². The van der Waals surface area contributed by atoms with Crippen LogP contribution < -0.4 is 21.3 Å². The maximum absolute atomic E-state index is 14.9. The Balaban J connectivity index is 1.80. The van der Waals surface area contributed by atoms with Gasteiger partial charge in [-0.05, 0) is 49.1 Å². The highest BCUT2D eigenvalue weighted by molar-refractivity contribution is 6.12. The summed E-state index contributed by atoms with van der Waals surface area (Å²) in [7, 11) is 0. The molecule has 0 saturated carbocycles. The number of anilines is 1. The number of amides is 3. The van der Waals surface area contributed by atoms with Crippen molar-refractivity contribution in [3.05, 3.63) is 101 Å². The van der Waals surface area contributed by atoms with Crippen molar-refractivity contribution in [2.75, 3.05) is 18.0 Å². The van der Waals surface area contributed by atoms with Gasteiger partial charge in [0.2, 0.25) is 5.91 Å². The van der Waals surface area contributed by atoms with Crippen molar-refractivity contribution in [1.29, 1.82) is 5.41 Å². The topological polar surface area (TPSA) is 175 Å². The van der Waals surface area contributed by atoms with Crippen LogP contribution in [0.1, 0.15) is 65.8 Å². The number of fused-ring (bicyclic) bond motifs is 1. The highest BCUT2D eigenvalue weighted by atomic mass is 19.4. The summed E-state index contributed by atoms with van der Waals surface area (Å²) in [5.41, 5.74) is 6.84. The van der Waals surface area contributed by atoms with Crippen molar-refractivity contribution in [3.8, 4) is 0 Å². The van der Waals surface area contributed by atoms with E-state index in [9.17, 15) is 37.1 Å². The lowest BCUT2D eigenvalue weighted by Gasteiger charge is -2.37. The van der Waals surface area contributed by atoms with E-state index in [2.05, 4.69) is 15.4 Å². The zero-order valence-electron chi connectivity index (χ0n) is 27.3. The molecule has 15 heteroatoms. The Hall–Kier alpha value is -5.73. The van der Waals surface area contributed by atoms with Crippen molar-refractivity contribution in [1.82, 2.24) is 15.5 Å². The molecule has 1 aliphatic rings. The molecule has 0 saturated heterocycles. The summed E-state index contributed by atoms with van der Waals surface area (Å²) in [4.78, 5) is 69.2. The molecular weight excluding hydrogens is 657 g/mol. The first-order valence-corrected chi connectivity index (χ1v) is 15.7. The number of nitrogens with one attached hydrogen (secondary N) is 3. The number of carbonyl (C=O) groups is 5. The Bertz CT molecular complexity index is 1740. The number of guanidine groups is 1. The van der Waals surface area contributed by atoms with Crippen molar-refractivity contribution < 1.29 is 41.9 Å². The fourth-order valence-electron chi connectivity index (χ4n) is 5.70. The number of ether oxygens (including phenoxy) is 1. The summed E-state index contributed by atoms with van der Waals surface area (Å²) < 4.78 is 43.2. The van der Waals surface area contributed by atoms with Crippen LogP contribution in [0.15, 0.2) is 78.9 Å². The van der Waals surface area contributed by atoms with E-state index in [1.165, 1.54) is 4.90 Å². The molecule has 0 fully saturated rings. The molecule has 50 heavy (non-hydrogen) atoms. The summed E-state index contributed by atoms with van der Waals surface area (Å²) in [6, 6.07) is 17.9. The summed E-state index contributed by atoms with van der Waals surface area (Å²) in [5, 5.41) is 12.5. The third-order valence-corrected chi connectivity index (χ3v) is 7.89. The normalized spacial score (nSPS) is 15.2. The average molecular weight is 695 g/mol. The molecule has 264 valence electrons. The van der Waals surface area contributed by atoms with Crippen LogP contribution >= 0.6 is 0 Å². The first-order chi connectivity index (χ1) is 23.7. The maximum Gasteiger partial charge on any atom is 0.491 e. The van der Waals surface area contributed by atoms with E-state index in [1.807, 2.05) is 0 Å². The maximum atomic E-state index is 14.9. The molecule has 2 unspecified atom stereocenters. The van der Waals surface area contributed by atoms with Gasteiger partial charge in [-0.1, -0.05) is 66.7 Å². The second kappa shape index (κ2) is 16.1. The van der Waals surface area contributed by atoms with Gasteiger partial charge in [-0.3, -0.25) is 24.6 Å². The molecule has 3 aromatic carbocycles. The Morgan fingerprint density at radius 3 is 2.16 bits per heavy atom. The summed E-state index contributed by atoms with van der Waals surface area (Å²) in [6.45, 7) is 4.00. The van der Waals surface area contributed by atoms with Crippen LogP contribution in [0.2, 0.25) is 0 Å².